The van der Waals surface area contributed by atoms with Gasteiger partial charge in [0.15, 0.2) is 6.23 Å². The zero-order valence-electron chi connectivity index (χ0n) is 9.52. The van der Waals surface area contributed by atoms with E-state index in [9.17, 15) is 10.2 Å². The number of nitrogens with one attached hydrogen (secondary N) is 2. The Morgan fingerprint density at radius 1 is 1.47 bits per heavy atom. The predicted molar refractivity (Wildman–Crippen MR) is 58.9 cm³/mol. The van der Waals surface area contributed by atoms with Crippen molar-refractivity contribution in [3.63, 3.8) is 0 Å². The van der Waals surface area contributed by atoms with Crippen LogP contribution in [0.1, 0.15) is 0 Å². The summed E-state index contributed by atoms with van der Waals surface area (Å²) in [5.74, 6) is 0. The van der Waals surface area contributed by atoms with E-state index in [-0.39, 0.29) is 12.8 Å². The smallest absolute Gasteiger partial charge is 0.174 e. The number of ether oxygens (including phenoxy) is 1. The highest BCUT2D eigenvalue weighted by Gasteiger charge is 2.45. The molecule has 1 saturated heterocycles. The minimum Gasteiger partial charge on any atom is -0.394 e. The van der Waals surface area contributed by atoms with E-state index in [0.29, 0.717) is 6.54 Å². The Hall–Kier alpha value is -0.770. The molecule has 98 valence electrons. The van der Waals surface area contributed by atoms with E-state index in [1.54, 1.807) is 0 Å². The first-order valence-electron chi connectivity index (χ1n) is 5.52. The first kappa shape index (κ1) is 12.7. The molecule has 5 unspecified atom stereocenters. The summed E-state index contributed by atoms with van der Waals surface area (Å²) in [6, 6.07) is 0. The summed E-state index contributed by atoms with van der Waals surface area (Å²) in [7, 11) is 1.81. The van der Waals surface area contributed by atoms with Crippen LogP contribution in [-0.4, -0.2) is 77.6 Å². The summed E-state index contributed by atoms with van der Waals surface area (Å²) < 4.78 is 5.35. The van der Waals surface area contributed by atoms with E-state index in [1.807, 2.05) is 7.05 Å². The predicted octanol–water partition coefficient (Wildman–Crippen LogP) is -3.18. The zero-order valence-corrected chi connectivity index (χ0v) is 9.52. The average molecular weight is 246 g/mol. The second-order valence-electron chi connectivity index (χ2n) is 4.10. The van der Waals surface area contributed by atoms with Crippen molar-refractivity contribution in [1.82, 2.24) is 15.8 Å². The fourth-order valence-corrected chi connectivity index (χ4v) is 1.93. The highest BCUT2D eigenvalue weighted by Crippen LogP contribution is 2.23. The van der Waals surface area contributed by atoms with Crippen molar-refractivity contribution < 1.29 is 20.1 Å². The van der Waals surface area contributed by atoms with Gasteiger partial charge in [-0.25, -0.2) is 5.43 Å². The van der Waals surface area contributed by atoms with Crippen molar-refractivity contribution in [2.45, 2.75) is 30.7 Å². The molecule has 0 bridgehead atoms. The Labute approximate surface area is 98.9 Å². The molecule has 0 aromatic rings. The van der Waals surface area contributed by atoms with Gasteiger partial charge in [-0.2, -0.15) is 0 Å². The number of likely N-dealkylation sites (N-methyl/N-ethyl adjacent to an activating group) is 1. The monoisotopic (exact) mass is 246 g/mol. The van der Waals surface area contributed by atoms with Crippen LogP contribution in [-0.2, 0) is 4.74 Å². The van der Waals surface area contributed by atoms with Gasteiger partial charge in [-0.1, -0.05) is 0 Å². The Morgan fingerprint density at radius 2 is 2.24 bits per heavy atom. The number of aliphatic hydroxyl groups excluding tert-OH is 3. The molecule has 2 heterocycles. The maximum absolute atomic E-state index is 9.79. The van der Waals surface area contributed by atoms with E-state index < -0.39 is 24.5 Å². The molecule has 0 spiro atoms. The molecule has 8 nitrogen and oxygen atoms in total. The van der Waals surface area contributed by atoms with Gasteiger partial charge < -0.3 is 25.4 Å². The largest absolute Gasteiger partial charge is 0.394 e. The first-order valence-corrected chi connectivity index (χ1v) is 5.52. The highest BCUT2D eigenvalue weighted by molar-refractivity contribution is 5.57. The lowest BCUT2D eigenvalue weighted by atomic mass is 10.1. The average Bonchev–Trinajstić information content (AvgIpc) is 2.87. The maximum atomic E-state index is 9.79. The van der Waals surface area contributed by atoms with Crippen LogP contribution in [0.2, 0.25) is 0 Å². The molecule has 0 aromatic heterocycles. The molecule has 1 fully saturated rings. The summed E-state index contributed by atoms with van der Waals surface area (Å²) >= 11 is 0. The Balaban J connectivity index is 1.94. The van der Waals surface area contributed by atoms with Crippen LogP contribution >= 0.6 is 0 Å². The first-order chi connectivity index (χ1) is 8.17. The maximum Gasteiger partial charge on any atom is 0.174 e. The Morgan fingerprint density at radius 3 is 2.82 bits per heavy atom. The van der Waals surface area contributed by atoms with Gasteiger partial charge in [-0.3, -0.25) is 10.0 Å². The molecule has 0 aromatic carbocycles. The molecule has 17 heavy (non-hydrogen) atoms. The highest BCUT2D eigenvalue weighted by atomic mass is 16.6. The lowest BCUT2D eigenvalue weighted by Gasteiger charge is -2.26. The van der Waals surface area contributed by atoms with Gasteiger partial charge >= 0.3 is 0 Å². The molecule has 2 rings (SSSR count). The molecular formula is C9H18N4O4. The third kappa shape index (κ3) is 2.41. The van der Waals surface area contributed by atoms with Gasteiger partial charge in [0.2, 0.25) is 0 Å². The van der Waals surface area contributed by atoms with Crippen LogP contribution < -0.4 is 10.7 Å². The van der Waals surface area contributed by atoms with Crippen molar-refractivity contribution in [2.75, 3.05) is 20.2 Å². The normalized spacial score (nSPS) is 41.4. The third-order valence-corrected chi connectivity index (χ3v) is 2.86. The second-order valence-corrected chi connectivity index (χ2v) is 4.10. The van der Waals surface area contributed by atoms with Gasteiger partial charge in [0.1, 0.15) is 30.8 Å². The summed E-state index contributed by atoms with van der Waals surface area (Å²) in [6.45, 7) is 0.307. The fourth-order valence-electron chi connectivity index (χ4n) is 1.93. The number of hydrogen-bond donors (Lipinski definition) is 5. The van der Waals surface area contributed by atoms with E-state index in [0.717, 1.165) is 0 Å². The molecule has 0 aliphatic carbocycles. The van der Waals surface area contributed by atoms with Gasteiger partial charge in [-0.15, -0.1) is 0 Å². The standard InChI is InChI=1S/C9H18N4O4/c1-10-2-6-11-4-13(12-6)9-8(16)7(15)5(3-14)17-9/h4-10,12,14-16H,2-3H2,1H3. The van der Waals surface area contributed by atoms with Crippen LogP contribution in [0.25, 0.3) is 0 Å². The summed E-state index contributed by atoms with van der Waals surface area (Å²) in [6.07, 6.45) is -2.30. The van der Waals surface area contributed by atoms with Crippen molar-refractivity contribution >= 4 is 6.34 Å². The van der Waals surface area contributed by atoms with Crippen LogP contribution in [0.15, 0.2) is 4.99 Å². The summed E-state index contributed by atoms with van der Waals surface area (Å²) in [5, 5.41) is 32.8. The summed E-state index contributed by atoms with van der Waals surface area (Å²) in [4.78, 5) is 4.15. The van der Waals surface area contributed by atoms with Gasteiger partial charge in [0, 0.05) is 6.54 Å². The van der Waals surface area contributed by atoms with Crippen LogP contribution in [0.4, 0.5) is 0 Å². The van der Waals surface area contributed by atoms with Gasteiger partial charge in [0.05, 0.1) is 6.61 Å². The quantitative estimate of drug-likeness (QED) is 0.356. The van der Waals surface area contributed by atoms with Crippen molar-refractivity contribution in [1.29, 1.82) is 0 Å². The van der Waals surface area contributed by atoms with E-state index in [4.69, 9.17) is 9.84 Å². The van der Waals surface area contributed by atoms with Crippen molar-refractivity contribution in [2.24, 2.45) is 4.99 Å². The number of nitrogens with zero attached hydrogens (tertiary/aromatic N) is 2. The molecule has 0 saturated carbocycles. The van der Waals surface area contributed by atoms with Gasteiger partial charge in [0.25, 0.3) is 0 Å². The van der Waals surface area contributed by atoms with E-state index >= 15 is 0 Å². The number of rotatable bonds is 4. The minimum atomic E-state index is -1.09. The zero-order chi connectivity index (χ0) is 12.4. The Kier molecular flexibility index (Phi) is 3.92. The SMILES string of the molecule is CNCC1N=CN(C2OC(CO)C(O)C2O)N1. The van der Waals surface area contributed by atoms with Crippen LogP contribution in [0.5, 0.6) is 0 Å². The fraction of sp³-hybridized carbons (Fsp3) is 0.889. The van der Waals surface area contributed by atoms with Crippen molar-refractivity contribution in [3.8, 4) is 0 Å². The lowest BCUT2D eigenvalue weighted by Crippen LogP contribution is -2.51. The number of hydrazine groups is 1. The van der Waals surface area contributed by atoms with Gasteiger partial charge in [-0.05, 0) is 7.05 Å². The van der Waals surface area contributed by atoms with E-state index in [2.05, 4.69) is 15.7 Å². The molecule has 8 heteroatoms. The van der Waals surface area contributed by atoms with Crippen LogP contribution in [0, 0.1) is 0 Å². The number of aliphatic imine (C=N–C) groups is 1. The molecule has 5 N–H and O–H groups in total. The third-order valence-electron chi connectivity index (χ3n) is 2.86. The van der Waals surface area contributed by atoms with E-state index in [1.165, 1.54) is 11.3 Å². The molecular weight excluding hydrogens is 228 g/mol. The number of aliphatic hydroxyl groups is 3. The molecule has 2 aliphatic heterocycles. The topological polar surface area (TPSA) is 110 Å². The summed E-state index contributed by atoms with van der Waals surface area (Å²) in [5.41, 5.74) is 3.00. The molecule has 2 aliphatic rings. The molecule has 5 atom stereocenters. The van der Waals surface area contributed by atoms with Crippen LogP contribution in [0.3, 0.4) is 0 Å². The lowest BCUT2D eigenvalue weighted by molar-refractivity contribution is -0.0840. The number of hydrogen-bond acceptors (Lipinski definition) is 8. The minimum absolute atomic E-state index is 0.124. The molecule has 0 radical (unpaired) electrons. The second kappa shape index (κ2) is 5.25. The van der Waals surface area contributed by atoms with Crippen molar-refractivity contribution in [3.05, 3.63) is 0 Å². The Bertz CT molecular complexity index is 290. The molecule has 0 amide bonds.